The molecule has 1 aliphatic heterocycles. The lowest BCUT2D eigenvalue weighted by atomic mass is 9.93. The molecule has 7 nitrogen and oxygen atoms in total. The average Bonchev–Trinajstić information content (AvgIpc) is 2.79. The number of anilines is 2. The minimum atomic E-state index is -1.15. The van der Waals surface area contributed by atoms with Gasteiger partial charge in [0, 0.05) is 23.7 Å². The number of amides is 1. The monoisotopic (exact) mass is 405 g/mol. The van der Waals surface area contributed by atoms with E-state index in [4.69, 9.17) is 14.2 Å². The van der Waals surface area contributed by atoms with Crippen LogP contribution in [-0.4, -0.2) is 25.1 Å². The van der Waals surface area contributed by atoms with Crippen LogP contribution in [0.25, 0.3) is 0 Å². The number of pyridine rings is 1. The highest BCUT2D eigenvalue weighted by atomic mass is 16.5. The molecule has 4 rings (SSSR count). The van der Waals surface area contributed by atoms with Gasteiger partial charge >= 0.3 is 0 Å². The van der Waals surface area contributed by atoms with Crippen LogP contribution in [0, 0.1) is 0 Å². The van der Waals surface area contributed by atoms with E-state index in [1.807, 2.05) is 48.5 Å². The van der Waals surface area contributed by atoms with Crippen LogP contribution in [0.5, 0.6) is 17.4 Å². The first-order chi connectivity index (χ1) is 14.5. The van der Waals surface area contributed by atoms with Crippen molar-refractivity contribution in [2.24, 2.45) is 0 Å². The average molecular weight is 405 g/mol. The van der Waals surface area contributed by atoms with Crippen LogP contribution in [0.4, 0.5) is 11.5 Å². The quantitative estimate of drug-likeness (QED) is 0.646. The molecular formula is C23H23N3O4. The van der Waals surface area contributed by atoms with Crippen molar-refractivity contribution in [2.75, 3.05) is 24.9 Å². The van der Waals surface area contributed by atoms with Crippen LogP contribution < -0.4 is 24.8 Å². The molecule has 7 heteroatoms. The molecule has 2 heterocycles. The maximum absolute atomic E-state index is 12.7. The van der Waals surface area contributed by atoms with Crippen molar-refractivity contribution < 1.29 is 19.0 Å². The SMILES string of the molecule is COc1ccc(CNc2ccc3c(n2)OC(C)(c2ccccc2)C(=O)N3)c(OC)c1. The molecule has 0 fully saturated rings. The first-order valence-corrected chi connectivity index (χ1v) is 9.55. The topological polar surface area (TPSA) is 81.7 Å². The Morgan fingerprint density at radius 1 is 1.07 bits per heavy atom. The second kappa shape index (κ2) is 7.94. The number of aromatic nitrogens is 1. The van der Waals surface area contributed by atoms with E-state index >= 15 is 0 Å². The van der Waals surface area contributed by atoms with Gasteiger partial charge in [0.25, 0.3) is 5.91 Å². The largest absolute Gasteiger partial charge is 0.497 e. The zero-order valence-corrected chi connectivity index (χ0v) is 17.1. The summed E-state index contributed by atoms with van der Waals surface area (Å²) in [5.74, 6) is 2.21. The summed E-state index contributed by atoms with van der Waals surface area (Å²) in [7, 11) is 3.24. The summed E-state index contributed by atoms with van der Waals surface area (Å²) in [5, 5.41) is 6.17. The third-order valence-electron chi connectivity index (χ3n) is 5.12. The lowest BCUT2D eigenvalue weighted by Crippen LogP contribution is -2.46. The molecule has 0 radical (unpaired) electrons. The Morgan fingerprint density at radius 3 is 2.60 bits per heavy atom. The Labute approximate surface area is 175 Å². The molecule has 1 unspecified atom stereocenters. The van der Waals surface area contributed by atoms with Gasteiger partial charge in [-0.25, -0.2) is 0 Å². The van der Waals surface area contributed by atoms with Gasteiger partial charge in [-0.2, -0.15) is 4.98 Å². The fourth-order valence-electron chi connectivity index (χ4n) is 3.32. The molecule has 0 saturated carbocycles. The Morgan fingerprint density at radius 2 is 1.87 bits per heavy atom. The highest BCUT2D eigenvalue weighted by Gasteiger charge is 2.42. The molecule has 1 atom stereocenters. The second-order valence-corrected chi connectivity index (χ2v) is 7.04. The zero-order chi connectivity index (χ0) is 21.1. The summed E-state index contributed by atoms with van der Waals surface area (Å²) in [6.07, 6.45) is 0. The lowest BCUT2D eigenvalue weighted by Gasteiger charge is -2.34. The van der Waals surface area contributed by atoms with Gasteiger partial charge in [-0.1, -0.05) is 30.3 Å². The van der Waals surface area contributed by atoms with E-state index < -0.39 is 5.60 Å². The standard InChI is InChI=1S/C23H23N3O4/c1-23(16-7-5-4-6-8-16)22(27)25-18-11-12-20(26-21(18)30-23)24-14-15-9-10-17(28-2)13-19(15)29-3/h4-13H,14H2,1-3H3,(H,24,26)(H,25,27). The number of ether oxygens (including phenoxy) is 3. The molecule has 154 valence electrons. The fourth-order valence-corrected chi connectivity index (χ4v) is 3.32. The van der Waals surface area contributed by atoms with Crippen molar-refractivity contribution in [1.29, 1.82) is 0 Å². The number of fused-ring (bicyclic) bond motifs is 1. The van der Waals surface area contributed by atoms with Crippen LogP contribution in [0.1, 0.15) is 18.1 Å². The van der Waals surface area contributed by atoms with Gasteiger partial charge in [0.15, 0.2) is 0 Å². The van der Waals surface area contributed by atoms with E-state index in [0.717, 1.165) is 22.6 Å². The molecule has 0 spiro atoms. The second-order valence-electron chi connectivity index (χ2n) is 7.04. The number of hydrogen-bond acceptors (Lipinski definition) is 6. The minimum absolute atomic E-state index is 0.230. The van der Waals surface area contributed by atoms with Crippen LogP contribution in [0.2, 0.25) is 0 Å². The highest BCUT2D eigenvalue weighted by molar-refractivity contribution is 6.00. The summed E-state index contributed by atoms with van der Waals surface area (Å²) in [5.41, 5.74) is 1.11. The van der Waals surface area contributed by atoms with Crippen molar-refractivity contribution >= 4 is 17.4 Å². The molecule has 30 heavy (non-hydrogen) atoms. The van der Waals surface area contributed by atoms with E-state index in [1.165, 1.54) is 0 Å². The number of nitrogens with one attached hydrogen (secondary N) is 2. The number of benzene rings is 2. The number of carbonyl (C=O) groups excluding carboxylic acids is 1. The molecule has 2 aromatic carbocycles. The van der Waals surface area contributed by atoms with Gasteiger partial charge in [0.2, 0.25) is 11.5 Å². The normalized spacial score (nSPS) is 17.4. The Bertz CT molecular complexity index is 1070. The van der Waals surface area contributed by atoms with Crippen molar-refractivity contribution in [1.82, 2.24) is 4.98 Å². The predicted molar refractivity (Wildman–Crippen MR) is 114 cm³/mol. The molecule has 0 saturated heterocycles. The molecule has 0 bridgehead atoms. The van der Waals surface area contributed by atoms with E-state index in [1.54, 1.807) is 33.3 Å². The molecule has 2 N–H and O–H groups in total. The molecule has 1 aromatic heterocycles. The highest BCUT2D eigenvalue weighted by Crippen LogP contribution is 2.38. The van der Waals surface area contributed by atoms with E-state index in [0.29, 0.717) is 23.9 Å². The molecule has 1 amide bonds. The number of methoxy groups -OCH3 is 2. The molecule has 3 aromatic rings. The van der Waals surface area contributed by atoms with E-state index in [-0.39, 0.29) is 5.91 Å². The predicted octanol–water partition coefficient (Wildman–Crippen LogP) is 3.96. The van der Waals surface area contributed by atoms with Crippen molar-refractivity contribution in [2.45, 2.75) is 19.1 Å². The number of nitrogens with zero attached hydrogens (tertiary/aromatic N) is 1. The molecular weight excluding hydrogens is 382 g/mol. The van der Waals surface area contributed by atoms with Gasteiger partial charge in [0.1, 0.15) is 23.0 Å². The van der Waals surface area contributed by atoms with Crippen LogP contribution in [-0.2, 0) is 16.9 Å². The Kier molecular flexibility index (Phi) is 5.18. The van der Waals surface area contributed by atoms with Gasteiger partial charge < -0.3 is 24.8 Å². The summed E-state index contributed by atoms with van der Waals surface area (Å²) in [6.45, 7) is 2.24. The zero-order valence-electron chi connectivity index (χ0n) is 17.1. The number of hydrogen-bond donors (Lipinski definition) is 2. The first-order valence-electron chi connectivity index (χ1n) is 9.55. The van der Waals surface area contributed by atoms with Gasteiger partial charge in [-0.15, -0.1) is 0 Å². The smallest absolute Gasteiger partial charge is 0.273 e. The third kappa shape index (κ3) is 3.61. The van der Waals surface area contributed by atoms with Crippen molar-refractivity contribution in [3.63, 3.8) is 0 Å². The van der Waals surface area contributed by atoms with Crippen molar-refractivity contribution in [3.05, 3.63) is 71.8 Å². The van der Waals surface area contributed by atoms with Crippen LogP contribution >= 0.6 is 0 Å². The Hall–Kier alpha value is -3.74. The fraction of sp³-hybridized carbons (Fsp3) is 0.217. The first kappa shape index (κ1) is 19.6. The Balaban J connectivity index is 1.55. The van der Waals surface area contributed by atoms with Gasteiger partial charge in [0.05, 0.1) is 14.2 Å². The van der Waals surface area contributed by atoms with Crippen LogP contribution in [0.15, 0.2) is 60.7 Å². The maximum Gasteiger partial charge on any atom is 0.273 e. The summed E-state index contributed by atoms with van der Waals surface area (Å²) >= 11 is 0. The van der Waals surface area contributed by atoms with Gasteiger partial charge in [-0.3, -0.25) is 4.79 Å². The third-order valence-corrected chi connectivity index (χ3v) is 5.12. The van der Waals surface area contributed by atoms with E-state index in [9.17, 15) is 4.79 Å². The van der Waals surface area contributed by atoms with Crippen LogP contribution in [0.3, 0.4) is 0 Å². The number of carbonyl (C=O) groups is 1. The van der Waals surface area contributed by atoms with E-state index in [2.05, 4.69) is 15.6 Å². The minimum Gasteiger partial charge on any atom is -0.497 e. The number of rotatable bonds is 6. The molecule has 1 aliphatic rings. The van der Waals surface area contributed by atoms with Gasteiger partial charge in [-0.05, 0) is 31.2 Å². The summed E-state index contributed by atoms with van der Waals surface area (Å²) in [6, 6.07) is 18.6. The lowest BCUT2D eigenvalue weighted by molar-refractivity contribution is -0.132. The molecule has 0 aliphatic carbocycles. The summed E-state index contributed by atoms with van der Waals surface area (Å²) in [4.78, 5) is 17.3. The summed E-state index contributed by atoms with van der Waals surface area (Å²) < 4.78 is 16.8. The van der Waals surface area contributed by atoms with Crippen molar-refractivity contribution in [3.8, 4) is 17.4 Å². The maximum atomic E-state index is 12.7.